The smallest absolute Gasteiger partial charge is 0.103 e. The predicted molar refractivity (Wildman–Crippen MR) is 59.0 cm³/mol. The summed E-state index contributed by atoms with van der Waals surface area (Å²) in [5, 5.41) is 3.26. The minimum Gasteiger partial charge on any atom is -0.399 e. The van der Waals surface area contributed by atoms with E-state index in [1.165, 1.54) is 5.56 Å². The maximum absolute atomic E-state index is 5.67. The number of nitrogens with one attached hydrogen (secondary N) is 2. The van der Waals surface area contributed by atoms with E-state index in [2.05, 4.69) is 10.3 Å². The Kier molecular flexibility index (Phi) is 2.40. The van der Waals surface area contributed by atoms with E-state index in [9.17, 15) is 0 Å². The quantitative estimate of drug-likeness (QED) is 0.645. The standard InChI is InChI=1S/C11H13N3/c12-10-4-1-3-9(7-10)8-14-11-5-2-6-13-11/h1-7,13-14H,8,12H2. The van der Waals surface area contributed by atoms with Gasteiger partial charge < -0.3 is 16.0 Å². The summed E-state index contributed by atoms with van der Waals surface area (Å²) < 4.78 is 0. The Morgan fingerprint density at radius 2 is 2.14 bits per heavy atom. The van der Waals surface area contributed by atoms with Crippen LogP contribution in [0.15, 0.2) is 42.6 Å². The Hall–Kier alpha value is -1.90. The van der Waals surface area contributed by atoms with Gasteiger partial charge in [0.25, 0.3) is 0 Å². The molecule has 0 saturated carbocycles. The molecular formula is C11H13N3. The molecule has 0 unspecified atom stereocenters. The molecule has 3 nitrogen and oxygen atoms in total. The van der Waals surface area contributed by atoms with Gasteiger partial charge in [-0.1, -0.05) is 12.1 Å². The number of nitrogen functional groups attached to an aromatic ring is 1. The van der Waals surface area contributed by atoms with Crippen molar-refractivity contribution in [3.8, 4) is 0 Å². The fraction of sp³-hybridized carbons (Fsp3) is 0.0909. The van der Waals surface area contributed by atoms with Gasteiger partial charge in [-0.3, -0.25) is 0 Å². The Morgan fingerprint density at radius 3 is 2.86 bits per heavy atom. The molecule has 0 fully saturated rings. The van der Waals surface area contributed by atoms with Crippen LogP contribution in [-0.2, 0) is 6.54 Å². The van der Waals surface area contributed by atoms with Crippen molar-refractivity contribution in [3.63, 3.8) is 0 Å². The maximum atomic E-state index is 5.67. The van der Waals surface area contributed by atoms with Crippen LogP contribution in [0, 0.1) is 0 Å². The van der Waals surface area contributed by atoms with Crippen molar-refractivity contribution in [3.05, 3.63) is 48.2 Å². The fourth-order valence-corrected chi connectivity index (χ4v) is 1.34. The lowest BCUT2D eigenvalue weighted by Gasteiger charge is -2.04. The monoisotopic (exact) mass is 187 g/mol. The van der Waals surface area contributed by atoms with E-state index < -0.39 is 0 Å². The summed E-state index contributed by atoms with van der Waals surface area (Å²) in [5.74, 6) is 1.02. The molecule has 0 spiro atoms. The highest BCUT2D eigenvalue weighted by Gasteiger charge is 1.94. The number of anilines is 2. The van der Waals surface area contributed by atoms with Crippen molar-refractivity contribution in [2.75, 3.05) is 11.1 Å². The highest BCUT2D eigenvalue weighted by molar-refractivity contribution is 5.42. The minimum absolute atomic E-state index is 0.783. The molecule has 3 heteroatoms. The SMILES string of the molecule is Nc1cccc(CNc2ccc[nH]2)c1. The molecule has 4 N–H and O–H groups in total. The third-order valence-electron chi connectivity index (χ3n) is 2.03. The second-order valence-electron chi connectivity index (χ2n) is 3.18. The van der Waals surface area contributed by atoms with Crippen LogP contribution in [0.3, 0.4) is 0 Å². The van der Waals surface area contributed by atoms with Gasteiger partial charge in [0.05, 0.1) is 0 Å². The lowest BCUT2D eigenvalue weighted by molar-refractivity contribution is 1.13. The largest absolute Gasteiger partial charge is 0.399 e. The third-order valence-corrected chi connectivity index (χ3v) is 2.03. The molecule has 1 aromatic carbocycles. The van der Waals surface area contributed by atoms with Gasteiger partial charge in [0, 0.05) is 18.4 Å². The van der Waals surface area contributed by atoms with Crippen LogP contribution in [0.4, 0.5) is 11.5 Å². The number of hydrogen-bond acceptors (Lipinski definition) is 2. The van der Waals surface area contributed by atoms with Crippen LogP contribution in [0.2, 0.25) is 0 Å². The first-order valence-corrected chi connectivity index (χ1v) is 4.56. The molecule has 2 rings (SSSR count). The molecular weight excluding hydrogens is 174 g/mol. The normalized spacial score (nSPS) is 10.0. The predicted octanol–water partition coefficient (Wildman–Crippen LogP) is 2.21. The van der Waals surface area contributed by atoms with Gasteiger partial charge in [-0.25, -0.2) is 0 Å². The van der Waals surface area contributed by atoms with Crippen LogP contribution >= 0.6 is 0 Å². The Labute approximate surface area is 83.0 Å². The molecule has 14 heavy (non-hydrogen) atoms. The first-order valence-electron chi connectivity index (χ1n) is 4.56. The lowest BCUT2D eigenvalue weighted by atomic mass is 10.2. The van der Waals surface area contributed by atoms with E-state index in [1.807, 2.05) is 42.6 Å². The van der Waals surface area contributed by atoms with Crippen LogP contribution < -0.4 is 11.1 Å². The molecule has 0 aliphatic heterocycles. The molecule has 2 aromatic rings. The van der Waals surface area contributed by atoms with E-state index in [0.717, 1.165) is 18.1 Å². The number of aromatic nitrogens is 1. The zero-order valence-electron chi connectivity index (χ0n) is 7.83. The summed E-state index contributed by atoms with van der Waals surface area (Å²) in [6.07, 6.45) is 1.89. The van der Waals surface area contributed by atoms with Crippen molar-refractivity contribution < 1.29 is 0 Å². The van der Waals surface area contributed by atoms with Gasteiger partial charge in [0.2, 0.25) is 0 Å². The molecule has 0 aliphatic rings. The molecule has 0 atom stereocenters. The highest BCUT2D eigenvalue weighted by atomic mass is 15.0. The van der Waals surface area contributed by atoms with E-state index in [0.29, 0.717) is 0 Å². The summed E-state index contributed by atoms with van der Waals surface area (Å²) in [6, 6.07) is 11.8. The van der Waals surface area contributed by atoms with Crippen molar-refractivity contribution >= 4 is 11.5 Å². The number of hydrogen-bond donors (Lipinski definition) is 3. The second kappa shape index (κ2) is 3.87. The number of rotatable bonds is 3. The van der Waals surface area contributed by atoms with Gasteiger partial charge in [-0.05, 0) is 29.8 Å². The van der Waals surface area contributed by atoms with Gasteiger partial charge in [-0.2, -0.15) is 0 Å². The molecule has 0 aliphatic carbocycles. The topological polar surface area (TPSA) is 53.8 Å². The number of aromatic amines is 1. The van der Waals surface area contributed by atoms with Gasteiger partial charge >= 0.3 is 0 Å². The minimum atomic E-state index is 0.783. The average molecular weight is 187 g/mol. The van der Waals surface area contributed by atoms with Crippen molar-refractivity contribution in [1.29, 1.82) is 0 Å². The van der Waals surface area contributed by atoms with E-state index in [-0.39, 0.29) is 0 Å². The number of nitrogens with two attached hydrogens (primary N) is 1. The Morgan fingerprint density at radius 1 is 1.21 bits per heavy atom. The molecule has 0 saturated heterocycles. The maximum Gasteiger partial charge on any atom is 0.103 e. The molecule has 1 heterocycles. The average Bonchev–Trinajstić information content (AvgIpc) is 2.67. The van der Waals surface area contributed by atoms with Crippen molar-refractivity contribution in [2.24, 2.45) is 0 Å². The van der Waals surface area contributed by atoms with Crippen molar-refractivity contribution in [1.82, 2.24) is 4.98 Å². The van der Waals surface area contributed by atoms with Crippen LogP contribution in [-0.4, -0.2) is 4.98 Å². The second-order valence-corrected chi connectivity index (χ2v) is 3.18. The third kappa shape index (κ3) is 2.07. The van der Waals surface area contributed by atoms with Crippen molar-refractivity contribution in [2.45, 2.75) is 6.54 Å². The van der Waals surface area contributed by atoms with E-state index in [1.54, 1.807) is 0 Å². The number of H-pyrrole nitrogens is 1. The summed E-state index contributed by atoms with van der Waals surface area (Å²) in [7, 11) is 0. The summed E-state index contributed by atoms with van der Waals surface area (Å²) in [5.41, 5.74) is 7.65. The van der Waals surface area contributed by atoms with Gasteiger partial charge in [0.15, 0.2) is 0 Å². The first kappa shape index (κ1) is 8.69. The van der Waals surface area contributed by atoms with E-state index in [4.69, 9.17) is 5.73 Å². The van der Waals surface area contributed by atoms with E-state index >= 15 is 0 Å². The molecule has 0 bridgehead atoms. The Balaban J connectivity index is 1.98. The zero-order valence-corrected chi connectivity index (χ0v) is 7.83. The molecule has 0 radical (unpaired) electrons. The lowest BCUT2D eigenvalue weighted by Crippen LogP contribution is -1.99. The zero-order chi connectivity index (χ0) is 9.80. The first-order chi connectivity index (χ1) is 6.84. The highest BCUT2D eigenvalue weighted by Crippen LogP contribution is 2.09. The summed E-state index contributed by atoms with van der Waals surface area (Å²) >= 11 is 0. The summed E-state index contributed by atoms with van der Waals surface area (Å²) in [4.78, 5) is 3.08. The molecule has 72 valence electrons. The Bertz CT molecular complexity index is 393. The molecule has 0 amide bonds. The number of benzene rings is 1. The van der Waals surface area contributed by atoms with Crippen LogP contribution in [0.25, 0.3) is 0 Å². The molecule has 1 aromatic heterocycles. The fourth-order valence-electron chi connectivity index (χ4n) is 1.34. The van der Waals surface area contributed by atoms with Gasteiger partial charge in [0.1, 0.15) is 5.82 Å². The van der Waals surface area contributed by atoms with Crippen LogP contribution in [0.5, 0.6) is 0 Å². The summed E-state index contributed by atoms with van der Waals surface area (Å²) in [6.45, 7) is 0.783. The van der Waals surface area contributed by atoms with Gasteiger partial charge in [-0.15, -0.1) is 0 Å². The van der Waals surface area contributed by atoms with Crippen LogP contribution in [0.1, 0.15) is 5.56 Å².